The number of H-pyrrole nitrogens is 1. The number of likely N-dealkylation sites (tertiary alicyclic amines) is 1. The molecular formula is C57H76N10O9S2. The number of β-amino-alcohol motifs (C(OH)–C–C–N with tert-alkyl or cyclic N) is 1. The molecule has 0 radical (unpaired) electrons. The third-order valence-corrected chi connectivity index (χ3v) is 15.0. The van der Waals surface area contributed by atoms with Crippen LogP contribution in [0.1, 0.15) is 121 Å². The highest BCUT2D eigenvalue weighted by Gasteiger charge is 2.46. The summed E-state index contributed by atoms with van der Waals surface area (Å²) in [6, 6.07) is 21.5. The van der Waals surface area contributed by atoms with Crippen LogP contribution in [0, 0.1) is 12.3 Å². The Kier molecular flexibility index (Phi) is 21.0. The molecule has 4 heterocycles. The maximum Gasteiger partial charge on any atom is 0.319 e. The van der Waals surface area contributed by atoms with Crippen molar-refractivity contribution in [3.05, 3.63) is 129 Å². The van der Waals surface area contributed by atoms with Gasteiger partial charge in [0.15, 0.2) is 5.78 Å². The molecule has 6 N–H and O–H groups in total. The number of ketones is 1. The minimum Gasteiger partial charge on any atom is -0.391 e. The summed E-state index contributed by atoms with van der Waals surface area (Å²) < 4.78 is 11.3. The Hall–Kier alpha value is -6.49. The number of hydrogen-bond acceptors (Lipinski definition) is 13. The first-order valence-electron chi connectivity index (χ1n) is 26.1. The maximum absolute atomic E-state index is 14.1. The number of aromatic nitrogens is 3. The SMILES string of the molecule is Cc1ncsc1-c1ccc([C@H](C)NC(=O)[C@@H]2C[C@@H](O)CN2C(=O)[C@@H](NC(=O)CCOCCOCCNC(=O)c2ccc(C(=O)Cc3[nH]nc4c3CN(C(=O)N[C@H](CN(C)C)c3ccccc3)C4(C)C)cc2)C(C)(C)C)cc1.S. The predicted molar refractivity (Wildman–Crippen MR) is 303 cm³/mol. The number of urea groups is 1. The van der Waals surface area contributed by atoms with Crippen LogP contribution in [0.4, 0.5) is 4.79 Å². The molecule has 2 aromatic heterocycles. The topological polar surface area (TPSA) is 241 Å². The van der Waals surface area contributed by atoms with Crippen molar-refractivity contribution in [2.45, 2.75) is 110 Å². The number of aliphatic hydroxyl groups excluding tert-OH is 1. The fourth-order valence-corrected chi connectivity index (χ4v) is 10.5. The van der Waals surface area contributed by atoms with Crippen molar-refractivity contribution < 1.29 is 43.3 Å². The minimum atomic E-state index is -0.973. The lowest BCUT2D eigenvalue weighted by molar-refractivity contribution is -0.144. The van der Waals surface area contributed by atoms with Crippen LogP contribution < -0.4 is 21.3 Å². The number of aromatic amines is 1. The van der Waals surface area contributed by atoms with E-state index in [1.165, 1.54) is 4.90 Å². The lowest BCUT2D eigenvalue weighted by Crippen LogP contribution is -2.58. The molecule has 0 aliphatic carbocycles. The highest BCUT2D eigenvalue weighted by Crippen LogP contribution is 2.39. The number of hydrogen-bond donors (Lipinski definition) is 6. The molecule has 19 nitrogen and oxygen atoms in total. The highest BCUT2D eigenvalue weighted by atomic mass is 32.1. The summed E-state index contributed by atoms with van der Waals surface area (Å²) in [6.45, 7) is 15.0. The number of fused-ring (bicyclic) bond motifs is 1. The van der Waals surface area contributed by atoms with Gasteiger partial charge in [0.1, 0.15) is 12.1 Å². The largest absolute Gasteiger partial charge is 0.391 e. The van der Waals surface area contributed by atoms with Crippen molar-refractivity contribution >= 4 is 60.3 Å². The van der Waals surface area contributed by atoms with E-state index in [4.69, 9.17) is 9.47 Å². The van der Waals surface area contributed by atoms with Gasteiger partial charge in [0.25, 0.3) is 5.91 Å². The van der Waals surface area contributed by atoms with Crippen molar-refractivity contribution in [1.29, 1.82) is 0 Å². The zero-order valence-corrected chi connectivity index (χ0v) is 47.9. The molecule has 5 aromatic rings. The minimum absolute atomic E-state index is 0. The summed E-state index contributed by atoms with van der Waals surface area (Å²) >= 11 is 1.57. The molecule has 2 aliphatic rings. The number of aliphatic hydroxyl groups is 1. The van der Waals surface area contributed by atoms with E-state index in [2.05, 4.69) is 36.4 Å². The fourth-order valence-electron chi connectivity index (χ4n) is 9.69. The third kappa shape index (κ3) is 15.2. The van der Waals surface area contributed by atoms with E-state index >= 15 is 0 Å². The molecule has 0 saturated carbocycles. The number of amides is 6. The van der Waals surface area contributed by atoms with E-state index in [9.17, 15) is 33.9 Å². The molecule has 1 fully saturated rings. The molecule has 2 aliphatic heterocycles. The second-order valence-electron chi connectivity index (χ2n) is 21.6. The Labute approximate surface area is 468 Å². The molecule has 5 atom stereocenters. The van der Waals surface area contributed by atoms with Crippen molar-refractivity contribution in [3.8, 4) is 10.4 Å². The molecule has 0 unspecified atom stereocenters. The lowest BCUT2D eigenvalue weighted by Gasteiger charge is -2.35. The molecule has 21 heteroatoms. The number of likely N-dealkylation sites (N-methyl/N-ethyl adjacent to an activating group) is 1. The summed E-state index contributed by atoms with van der Waals surface area (Å²) in [5, 5.41) is 30.1. The smallest absolute Gasteiger partial charge is 0.319 e. The number of Topliss-reactive ketones (excluding diaryl/α,β-unsaturated/α-hetero) is 1. The molecule has 3 aromatic carbocycles. The number of nitrogens with one attached hydrogen (secondary N) is 5. The van der Waals surface area contributed by atoms with Gasteiger partial charge in [-0.05, 0) is 76.0 Å². The molecule has 78 heavy (non-hydrogen) atoms. The Balaban J connectivity index is 0.00000984. The third-order valence-electron chi connectivity index (χ3n) is 14.1. The van der Waals surface area contributed by atoms with Crippen LogP contribution >= 0.6 is 24.8 Å². The zero-order chi connectivity index (χ0) is 55.6. The van der Waals surface area contributed by atoms with Crippen LogP contribution in [0.5, 0.6) is 0 Å². The Bertz CT molecular complexity index is 2850. The van der Waals surface area contributed by atoms with Gasteiger partial charge in [0, 0.05) is 54.9 Å². The van der Waals surface area contributed by atoms with Gasteiger partial charge in [-0.15, -0.1) is 11.3 Å². The average Bonchev–Trinajstić information content (AvgIpc) is 4.27. The van der Waals surface area contributed by atoms with E-state index in [-0.39, 0.29) is 108 Å². The number of benzene rings is 3. The van der Waals surface area contributed by atoms with Gasteiger partial charge in [-0.25, -0.2) is 9.78 Å². The van der Waals surface area contributed by atoms with Crippen molar-refractivity contribution in [2.24, 2.45) is 5.41 Å². The number of ether oxygens (including phenoxy) is 2. The van der Waals surface area contributed by atoms with Crippen LogP contribution in [0.3, 0.4) is 0 Å². The Morgan fingerprint density at radius 1 is 0.885 bits per heavy atom. The number of carbonyl (C=O) groups excluding carboxylic acids is 6. The van der Waals surface area contributed by atoms with Gasteiger partial charge in [0.2, 0.25) is 17.7 Å². The molecule has 7 rings (SSSR count). The Morgan fingerprint density at radius 3 is 2.19 bits per heavy atom. The van der Waals surface area contributed by atoms with Crippen molar-refractivity contribution in [1.82, 2.24) is 51.1 Å². The van der Waals surface area contributed by atoms with E-state index in [1.807, 2.05) is 128 Å². The van der Waals surface area contributed by atoms with Gasteiger partial charge < -0.3 is 50.5 Å². The zero-order valence-electron chi connectivity index (χ0n) is 46.1. The summed E-state index contributed by atoms with van der Waals surface area (Å²) in [5.41, 5.74) is 7.24. The average molecular weight is 1110 g/mol. The van der Waals surface area contributed by atoms with Gasteiger partial charge in [-0.1, -0.05) is 87.5 Å². The fraction of sp³-hybridized carbons (Fsp3) is 0.474. The molecule has 420 valence electrons. The first-order chi connectivity index (χ1) is 36.6. The quantitative estimate of drug-likeness (QED) is 0.0328. The molecular weight excluding hydrogens is 1030 g/mol. The predicted octanol–water partition coefficient (Wildman–Crippen LogP) is 5.97. The summed E-state index contributed by atoms with van der Waals surface area (Å²) in [6.07, 6.45) is -0.802. The molecule has 1 saturated heterocycles. The van der Waals surface area contributed by atoms with Crippen molar-refractivity contribution in [2.75, 3.05) is 60.2 Å². The summed E-state index contributed by atoms with van der Waals surface area (Å²) in [7, 11) is 3.93. The van der Waals surface area contributed by atoms with Crippen molar-refractivity contribution in [3.63, 3.8) is 0 Å². The standard InChI is InChI=1S/C57H74N10O9S.H2S/c1-35(37-15-19-40(20-16-37)49-36(2)59-34-77-49)60-53(72)46-29-42(68)31-66(46)54(73)51(56(3,4)5)62-48(70)23-25-75-27-28-76-26-24-58-52(71)41-21-17-39(18-22-41)47(69)30-44-43-32-67(57(6,7)50(43)64-63-44)55(74)61-45(33-65(8)9)38-13-11-10-12-14-38;/h10-22,34-35,42,45-46,51,68H,23-33H2,1-9H3,(H,58,71)(H,60,72)(H,61,74)(H,62,70)(H,63,64);1H2/t35-,42+,45+,46-,51+;/m0./s1. The van der Waals surface area contributed by atoms with Crippen LogP contribution in [-0.2, 0) is 42.4 Å². The Morgan fingerprint density at radius 2 is 1.55 bits per heavy atom. The first-order valence-corrected chi connectivity index (χ1v) is 27.0. The number of thiazole rings is 1. The molecule has 0 bridgehead atoms. The van der Waals surface area contributed by atoms with Gasteiger partial charge in [-0.2, -0.15) is 18.6 Å². The number of rotatable bonds is 23. The first kappa shape index (κ1) is 60.7. The second-order valence-corrected chi connectivity index (χ2v) is 22.5. The van der Waals surface area contributed by atoms with E-state index in [0.717, 1.165) is 38.5 Å². The summed E-state index contributed by atoms with van der Waals surface area (Å²) in [4.78, 5) is 91.7. The van der Waals surface area contributed by atoms with Gasteiger partial charge in [-0.3, -0.25) is 29.1 Å². The van der Waals surface area contributed by atoms with Crippen LogP contribution in [-0.4, -0.2) is 149 Å². The second kappa shape index (κ2) is 26.9. The highest BCUT2D eigenvalue weighted by molar-refractivity contribution is 7.59. The number of aryl methyl sites for hydroxylation is 1. The van der Waals surface area contributed by atoms with Gasteiger partial charge in [0.05, 0.1) is 84.9 Å². The van der Waals surface area contributed by atoms with Gasteiger partial charge >= 0.3 is 6.03 Å². The lowest BCUT2D eigenvalue weighted by atomic mass is 9.85. The molecule has 6 amide bonds. The number of nitrogens with zero attached hydrogens (tertiary/aromatic N) is 5. The van der Waals surface area contributed by atoms with E-state index in [1.54, 1.807) is 40.5 Å². The monoisotopic (exact) mass is 1110 g/mol. The summed E-state index contributed by atoms with van der Waals surface area (Å²) in [5.74, 6) is -1.73. The van der Waals surface area contributed by atoms with E-state index in [0.29, 0.717) is 29.9 Å². The number of carbonyl (C=O) groups is 6. The van der Waals surface area contributed by atoms with Crippen LogP contribution in [0.25, 0.3) is 10.4 Å². The van der Waals surface area contributed by atoms with Crippen LogP contribution in [0.15, 0.2) is 84.4 Å². The maximum atomic E-state index is 14.1. The normalized spacial score (nSPS) is 16.9. The van der Waals surface area contributed by atoms with E-state index < -0.39 is 41.0 Å². The molecule has 0 spiro atoms. The van der Waals surface area contributed by atoms with Crippen LogP contribution in [0.2, 0.25) is 0 Å².